The van der Waals surface area contributed by atoms with Crippen LogP contribution in [-0.4, -0.2) is 36.8 Å². The molecule has 2 atom stereocenters. The zero-order chi connectivity index (χ0) is 16.8. The van der Waals surface area contributed by atoms with Crippen LogP contribution in [0.3, 0.4) is 0 Å². The van der Waals surface area contributed by atoms with Crippen molar-refractivity contribution in [2.75, 3.05) is 20.7 Å². The first kappa shape index (κ1) is 19.9. The molecule has 0 radical (unpaired) electrons. The summed E-state index contributed by atoms with van der Waals surface area (Å²) < 4.78 is 10.4. The van der Waals surface area contributed by atoms with E-state index in [1.807, 2.05) is 45.2 Å². The van der Waals surface area contributed by atoms with E-state index in [2.05, 4.69) is 20.8 Å². The lowest BCUT2D eigenvalue weighted by Gasteiger charge is -2.14. The maximum atomic E-state index is 12.0. The van der Waals surface area contributed by atoms with E-state index in [4.69, 9.17) is 9.26 Å². The van der Waals surface area contributed by atoms with Gasteiger partial charge in [-0.05, 0) is 26.1 Å². The zero-order valence-electron chi connectivity index (χ0n) is 14.2. The number of amides is 1. The number of carbonyl (C=O) groups excluding carboxylic acids is 1. The molecule has 7 nitrogen and oxygen atoms in total. The number of ether oxygens (including phenoxy) is 1. The molecule has 1 aromatic heterocycles. The van der Waals surface area contributed by atoms with E-state index in [-0.39, 0.29) is 30.3 Å². The molecule has 0 aliphatic heterocycles. The number of hydrogen-bond acceptors (Lipinski definition) is 6. The predicted molar refractivity (Wildman–Crippen MR) is 93.2 cm³/mol. The minimum atomic E-state index is -0.353. The highest BCUT2D eigenvalue weighted by atomic mass is 35.5. The molecule has 24 heavy (non-hydrogen) atoms. The van der Waals surface area contributed by atoms with Crippen molar-refractivity contribution in [3.05, 3.63) is 30.2 Å². The van der Waals surface area contributed by atoms with Crippen LogP contribution in [0.4, 0.5) is 0 Å². The largest absolute Gasteiger partial charge is 0.497 e. The fraction of sp³-hybridized carbons (Fsp3) is 0.438. The second kappa shape index (κ2) is 9.24. The first-order valence-corrected chi connectivity index (χ1v) is 7.48. The monoisotopic (exact) mass is 354 g/mol. The summed E-state index contributed by atoms with van der Waals surface area (Å²) in [7, 11) is 3.41. The van der Waals surface area contributed by atoms with Crippen LogP contribution in [0.25, 0.3) is 11.4 Å². The van der Waals surface area contributed by atoms with Crippen molar-refractivity contribution < 1.29 is 14.1 Å². The Morgan fingerprint density at radius 1 is 1.38 bits per heavy atom. The minimum Gasteiger partial charge on any atom is -0.497 e. The van der Waals surface area contributed by atoms with Gasteiger partial charge in [0.25, 0.3) is 0 Å². The molecule has 0 fully saturated rings. The molecule has 2 unspecified atom stereocenters. The summed E-state index contributed by atoms with van der Waals surface area (Å²) in [5.74, 6) is 1.35. The molecule has 0 aliphatic rings. The summed E-state index contributed by atoms with van der Waals surface area (Å²) in [6.45, 7) is 4.28. The average molecular weight is 355 g/mol. The molecule has 0 aliphatic carbocycles. The second-order valence-corrected chi connectivity index (χ2v) is 5.38. The van der Waals surface area contributed by atoms with Crippen molar-refractivity contribution in [2.45, 2.75) is 19.9 Å². The van der Waals surface area contributed by atoms with E-state index in [0.29, 0.717) is 18.3 Å². The normalized spacial score (nSPS) is 12.8. The second-order valence-electron chi connectivity index (χ2n) is 5.38. The van der Waals surface area contributed by atoms with Crippen molar-refractivity contribution in [2.24, 2.45) is 5.92 Å². The molecule has 132 valence electrons. The molecule has 0 spiro atoms. The number of rotatable bonds is 7. The van der Waals surface area contributed by atoms with Crippen LogP contribution in [0.5, 0.6) is 5.75 Å². The Labute approximate surface area is 147 Å². The molecule has 1 aromatic carbocycles. The zero-order valence-corrected chi connectivity index (χ0v) is 15.0. The number of methoxy groups -OCH3 is 1. The van der Waals surface area contributed by atoms with E-state index in [0.717, 1.165) is 11.3 Å². The van der Waals surface area contributed by atoms with Crippen LogP contribution >= 0.6 is 12.4 Å². The fourth-order valence-corrected chi connectivity index (χ4v) is 2.11. The number of carbonyl (C=O) groups is 1. The van der Waals surface area contributed by atoms with Crippen LogP contribution < -0.4 is 15.4 Å². The van der Waals surface area contributed by atoms with Gasteiger partial charge < -0.3 is 19.9 Å². The Morgan fingerprint density at radius 3 is 2.79 bits per heavy atom. The molecule has 8 heteroatoms. The highest BCUT2D eigenvalue weighted by Gasteiger charge is 2.20. The lowest BCUT2D eigenvalue weighted by molar-refractivity contribution is -0.125. The Hall–Kier alpha value is -2.12. The van der Waals surface area contributed by atoms with Gasteiger partial charge in [0, 0.05) is 18.0 Å². The molecular formula is C16H23ClN4O3. The van der Waals surface area contributed by atoms with Crippen LogP contribution in [-0.2, 0) is 4.79 Å². The van der Waals surface area contributed by atoms with Gasteiger partial charge in [0.1, 0.15) is 11.8 Å². The molecule has 0 bridgehead atoms. The Morgan fingerprint density at radius 2 is 2.12 bits per heavy atom. The molecule has 2 N–H and O–H groups in total. The van der Waals surface area contributed by atoms with Crippen LogP contribution in [0.15, 0.2) is 28.8 Å². The third-order valence-electron chi connectivity index (χ3n) is 3.46. The molecular weight excluding hydrogens is 332 g/mol. The fourth-order valence-electron chi connectivity index (χ4n) is 2.11. The van der Waals surface area contributed by atoms with Crippen molar-refractivity contribution in [1.82, 2.24) is 20.8 Å². The van der Waals surface area contributed by atoms with Gasteiger partial charge in [0.05, 0.1) is 7.11 Å². The third-order valence-corrected chi connectivity index (χ3v) is 3.46. The van der Waals surface area contributed by atoms with Gasteiger partial charge in [-0.25, -0.2) is 0 Å². The molecule has 1 heterocycles. The molecule has 2 aromatic rings. The summed E-state index contributed by atoms with van der Waals surface area (Å²) in [6, 6.07) is 7.04. The summed E-state index contributed by atoms with van der Waals surface area (Å²) in [6.07, 6.45) is 0. The van der Waals surface area contributed by atoms with E-state index in [9.17, 15) is 4.79 Å². The van der Waals surface area contributed by atoms with Crippen LogP contribution in [0.1, 0.15) is 25.8 Å². The number of aromatic nitrogens is 2. The Balaban J connectivity index is 0.00000288. The van der Waals surface area contributed by atoms with E-state index >= 15 is 0 Å². The molecule has 0 saturated heterocycles. The molecule has 0 saturated carbocycles. The van der Waals surface area contributed by atoms with Gasteiger partial charge in [-0.15, -0.1) is 12.4 Å². The van der Waals surface area contributed by atoms with Crippen molar-refractivity contribution in [3.63, 3.8) is 0 Å². The first-order valence-electron chi connectivity index (χ1n) is 7.48. The number of nitrogens with one attached hydrogen (secondary N) is 2. The maximum absolute atomic E-state index is 12.0. The van der Waals surface area contributed by atoms with Gasteiger partial charge in [0.2, 0.25) is 17.6 Å². The van der Waals surface area contributed by atoms with Gasteiger partial charge in [0.15, 0.2) is 0 Å². The SMILES string of the molecule is CNCC(C)C(=O)NC(C)c1nc(-c2cccc(OC)c2)no1.Cl. The summed E-state index contributed by atoms with van der Waals surface area (Å²) in [5, 5.41) is 9.81. The van der Waals surface area contributed by atoms with Gasteiger partial charge in [-0.3, -0.25) is 4.79 Å². The quantitative estimate of drug-likeness (QED) is 0.792. The summed E-state index contributed by atoms with van der Waals surface area (Å²) in [4.78, 5) is 16.4. The standard InChI is InChI=1S/C16H22N4O3.ClH/c1-10(9-17-3)15(21)18-11(2)16-19-14(20-23-16)12-6-5-7-13(8-12)22-4;/h5-8,10-11,17H,9H2,1-4H3,(H,18,21);1H. The van der Waals surface area contributed by atoms with Gasteiger partial charge in [-0.2, -0.15) is 4.98 Å². The van der Waals surface area contributed by atoms with E-state index in [1.165, 1.54) is 0 Å². The topological polar surface area (TPSA) is 89.3 Å². The number of benzene rings is 1. The summed E-state index contributed by atoms with van der Waals surface area (Å²) >= 11 is 0. The first-order chi connectivity index (χ1) is 11.0. The highest BCUT2D eigenvalue weighted by Crippen LogP contribution is 2.22. The maximum Gasteiger partial charge on any atom is 0.249 e. The van der Waals surface area contributed by atoms with E-state index in [1.54, 1.807) is 7.11 Å². The van der Waals surface area contributed by atoms with Crippen molar-refractivity contribution >= 4 is 18.3 Å². The Kier molecular flexibility index (Phi) is 7.67. The van der Waals surface area contributed by atoms with Crippen LogP contribution in [0, 0.1) is 5.92 Å². The van der Waals surface area contributed by atoms with E-state index < -0.39 is 0 Å². The van der Waals surface area contributed by atoms with Crippen molar-refractivity contribution in [3.8, 4) is 17.1 Å². The smallest absolute Gasteiger partial charge is 0.249 e. The number of hydrogen-bond donors (Lipinski definition) is 2. The third kappa shape index (κ3) is 4.94. The number of nitrogens with zero attached hydrogens (tertiary/aromatic N) is 2. The lowest BCUT2D eigenvalue weighted by Crippen LogP contribution is -2.35. The molecule has 1 amide bonds. The molecule has 2 rings (SSSR count). The summed E-state index contributed by atoms with van der Waals surface area (Å²) in [5.41, 5.74) is 0.793. The lowest BCUT2D eigenvalue weighted by atomic mass is 10.1. The minimum absolute atomic E-state index is 0. The van der Waals surface area contributed by atoms with Crippen molar-refractivity contribution in [1.29, 1.82) is 0 Å². The highest BCUT2D eigenvalue weighted by molar-refractivity contribution is 5.85. The average Bonchev–Trinajstić information content (AvgIpc) is 3.05. The van der Waals surface area contributed by atoms with Gasteiger partial charge in [-0.1, -0.05) is 24.2 Å². The number of halogens is 1. The Bertz CT molecular complexity index is 662. The van der Waals surface area contributed by atoms with Gasteiger partial charge >= 0.3 is 0 Å². The van der Waals surface area contributed by atoms with Crippen LogP contribution in [0.2, 0.25) is 0 Å². The predicted octanol–water partition coefficient (Wildman–Crippen LogP) is 2.20.